The summed E-state index contributed by atoms with van der Waals surface area (Å²) >= 11 is 0. The molecule has 250 valence electrons. The van der Waals surface area contributed by atoms with Crippen LogP contribution in [0.5, 0.6) is 0 Å². The second kappa shape index (κ2) is 15.9. The van der Waals surface area contributed by atoms with Gasteiger partial charge in [-0.3, -0.25) is 4.79 Å². The molecule has 0 saturated heterocycles. The highest BCUT2D eigenvalue weighted by Crippen LogP contribution is 2.40. The molecule has 48 heavy (non-hydrogen) atoms. The maximum atomic E-state index is 13.5. The minimum atomic E-state index is -4.45. The summed E-state index contributed by atoms with van der Waals surface area (Å²) in [6.07, 6.45) is -4.45. The highest BCUT2D eigenvalue weighted by Gasteiger charge is 2.30. The van der Waals surface area contributed by atoms with Gasteiger partial charge in [-0.15, -0.1) is 0 Å². The van der Waals surface area contributed by atoms with Gasteiger partial charge in [0.25, 0.3) is 5.91 Å². The van der Waals surface area contributed by atoms with Crippen LogP contribution in [0.4, 0.5) is 13.2 Å². The van der Waals surface area contributed by atoms with Crippen LogP contribution in [0.3, 0.4) is 0 Å². The maximum Gasteiger partial charge on any atom is 0.416 e. The molecular weight excluding hydrogens is 617 g/mol. The van der Waals surface area contributed by atoms with Gasteiger partial charge in [0, 0.05) is 41.9 Å². The van der Waals surface area contributed by atoms with E-state index < -0.39 is 11.7 Å². The summed E-state index contributed by atoms with van der Waals surface area (Å²) < 4.78 is 53.2. The lowest BCUT2D eigenvalue weighted by Crippen LogP contribution is -2.27. The highest BCUT2D eigenvalue weighted by atomic mass is 19.4. The molecule has 0 spiro atoms. The smallest absolute Gasteiger partial charge is 0.378 e. The van der Waals surface area contributed by atoms with Crippen LogP contribution in [0.1, 0.15) is 32.6 Å². The Balaban J connectivity index is 1.48. The van der Waals surface area contributed by atoms with Crippen LogP contribution in [0.25, 0.3) is 33.9 Å². The number of aromatic nitrogens is 2. The van der Waals surface area contributed by atoms with Crippen molar-refractivity contribution in [2.75, 3.05) is 39.5 Å². The summed E-state index contributed by atoms with van der Waals surface area (Å²) in [6.45, 7) is 6.92. The predicted molar refractivity (Wildman–Crippen MR) is 182 cm³/mol. The molecule has 0 bridgehead atoms. The summed E-state index contributed by atoms with van der Waals surface area (Å²) in [4.78, 5) is 17.9. The van der Waals surface area contributed by atoms with E-state index in [1.54, 1.807) is 12.1 Å². The van der Waals surface area contributed by atoms with Gasteiger partial charge >= 0.3 is 6.18 Å². The molecule has 5 aromatic rings. The zero-order valence-corrected chi connectivity index (χ0v) is 27.0. The third-order valence-corrected chi connectivity index (χ3v) is 7.96. The number of hydrogen-bond acceptors (Lipinski definition) is 5. The zero-order valence-electron chi connectivity index (χ0n) is 27.0. The SMILES string of the molecule is Cc1ccccc1-c1nc(-c2ccc(C(F)(F)F)cc2)n(Cc2ccc(C(=O)NCCOCCOCCN)cc2)c1-c1ccccc1C. The maximum absolute atomic E-state index is 13.5. The predicted octanol–water partition coefficient (Wildman–Crippen LogP) is 7.29. The van der Waals surface area contributed by atoms with Crippen molar-refractivity contribution in [3.8, 4) is 33.9 Å². The van der Waals surface area contributed by atoms with Crippen LogP contribution in [0, 0.1) is 13.8 Å². The molecule has 10 heteroatoms. The van der Waals surface area contributed by atoms with Gasteiger partial charge in [0.15, 0.2) is 0 Å². The van der Waals surface area contributed by atoms with Crippen molar-refractivity contribution in [2.45, 2.75) is 26.6 Å². The molecule has 3 N–H and O–H groups in total. The van der Waals surface area contributed by atoms with E-state index in [0.29, 0.717) is 63.0 Å². The minimum absolute atomic E-state index is 0.222. The van der Waals surface area contributed by atoms with Crippen LogP contribution >= 0.6 is 0 Å². The molecule has 0 aliphatic heterocycles. The first-order valence-corrected chi connectivity index (χ1v) is 15.8. The quantitative estimate of drug-likeness (QED) is 0.123. The summed E-state index contributed by atoms with van der Waals surface area (Å²) in [5, 5.41) is 2.86. The fourth-order valence-electron chi connectivity index (χ4n) is 5.46. The number of carbonyl (C=O) groups is 1. The number of carbonyl (C=O) groups excluding carboxylic acids is 1. The molecule has 0 saturated carbocycles. The van der Waals surface area contributed by atoms with E-state index in [4.69, 9.17) is 20.2 Å². The Morgan fingerprint density at radius 2 is 1.40 bits per heavy atom. The van der Waals surface area contributed by atoms with Gasteiger partial charge in [-0.2, -0.15) is 13.2 Å². The number of imidazole rings is 1. The fourth-order valence-corrected chi connectivity index (χ4v) is 5.46. The van der Waals surface area contributed by atoms with E-state index >= 15 is 0 Å². The lowest BCUT2D eigenvalue weighted by Gasteiger charge is -2.16. The monoisotopic (exact) mass is 656 g/mol. The van der Waals surface area contributed by atoms with Gasteiger partial charge in [0.2, 0.25) is 0 Å². The van der Waals surface area contributed by atoms with Crippen LogP contribution in [-0.2, 0) is 22.2 Å². The zero-order chi connectivity index (χ0) is 34.1. The normalized spacial score (nSPS) is 11.5. The Hall–Kier alpha value is -4.77. The van der Waals surface area contributed by atoms with Crippen molar-refractivity contribution >= 4 is 5.91 Å². The van der Waals surface area contributed by atoms with Gasteiger partial charge in [0.1, 0.15) is 5.82 Å². The van der Waals surface area contributed by atoms with Crippen LogP contribution in [0.2, 0.25) is 0 Å². The molecule has 0 radical (unpaired) electrons. The number of amides is 1. The Kier molecular flexibility index (Phi) is 11.4. The Morgan fingerprint density at radius 3 is 2.00 bits per heavy atom. The molecule has 4 aromatic carbocycles. The van der Waals surface area contributed by atoms with Gasteiger partial charge in [0.05, 0.1) is 43.4 Å². The minimum Gasteiger partial charge on any atom is -0.378 e. The Morgan fingerprint density at radius 1 is 0.792 bits per heavy atom. The molecule has 0 aliphatic rings. The van der Waals surface area contributed by atoms with Gasteiger partial charge in [-0.05, 0) is 54.8 Å². The summed E-state index contributed by atoms with van der Waals surface area (Å²) in [7, 11) is 0. The van der Waals surface area contributed by atoms with Crippen molar-refractivity contribution in [3.05, 3.63) is 125 Å². The van der Waals surface area contributed by atoms with E-state index in [0.717, 1.165) is 51.3 Å². The van der Waals surface area contributed by atoms with Crippen LogP contribution in [-0.4, -0.2) is 55.0 Å². The number of nitrogens with one attached hydrogen (secondary N) is 1. The largest absolute Gasteiger partial charge is 0.416 e. The van der Waals surface area contributed by atoms with Crippen LogP contribution in [0.15, 0.2) is 97.1 Å². The molecule has 1 heterocycles. The van der Waals surface area contributed by atoms with Gasteiger partial charge in [-0.1, -0.05) is 72.8 Å². The third-order valence-electron chi connectivity index (χ3n) is 7.96. The van der Waals surface area contributed by atoms with E-state index in [-0.39, 0.29) is 5.91 Å². The van der Waals surface area contributed by atoms with Crippen molar-refractivity contribution in [2.24, 2.45) is 5.73 Å². The molecule has 1 aromatic heterocycles. The first-order chi connectivity index (χ1) is 23.2. The summed E-state index contributed by atoms with van der Waals surface area (Å²) in [5.74, 6) is 0.315. The number of halogens is 3. The number of aryl methyl sites for hydroxylation is 2. The van der Waals surface area contributed by atoms with Crippen molar-refractivity contribution in [3.63, 3.8) is 0 Å². The lowest BCUT2D eigenvalue weighted by molar-refractivity contribution is -0.137. The standard InChI is InChI=1S/C38H39F3N4O3/c1-26-7-3-5-9-32(26)34-35(33-10-6-4-8-27(33)2)45(36(44-34)29-15-17-31(18-16-29)38(39,40)41)25-28-11-13-30(14-12-28)37(46)43-20-22-48-24-23-47-21-19-42/h3-18H,19-25,42H2,1-2H3,(H,43,46). The Labute approximate surface area is 278 Å². The highest BCUT2D eigenvalue weighted by molar-refractivity contribution is 5.94. The summed E-state index contributed by atoms with van der Waals surface area (Å²) in [6, 6.07) is 28.3. The molecular formula is C38H39F3N4O3. The molecule has 7 nitrogen and oxygen atoms in total. The van der Waals surface area contributed by atoms with Gasteiger partial charge in [-0.25, -0.2) is 4.98 Å². The summed E-state index contributed by atoms with van der Waals surface area (Å²) in [5.41, 5.74) is 12.2. The average Bonchev–Trinajstić information content (AvgIpc) is 3.44. The molecule has 0 unspecified atom stereocenters. The molecule has 5 rings (SSSR count). The molecule has 0 fully saturated rings. The van der Waals surface area contributed by atoms with E-state index in [2.05, 4.69) is 9.88 Å². The molecule has 0 atom stereocenters. The van der Waals surface area contributed by atoms with E-state index in [1.807, 2.05) is 74.5 Å². The lowest BCUT2D eigenvalue weighted by atomic mass is 9.98. The second-order valence-electron chi connectivity index (χ2n) is 11.4. The van der Waals surface area contributed by atoms with E-state index in [9.17, 15) is 18.0 Å². The van der Waals surface area contributed by atoms with Crippen LogP contribution < -0.4 is 11.1 Å². The number of alkyl halides is 3. The van der Waals surface area contributed by atoms with Crippen molar-refractivity contribution < 1.29 is 27.4 Å². The number of ether oxygens (including phenoxy) is 2. The number of benzene rings is 4. The van der Waals surface area contributed by atoms with Crippen molar-refractivity contribution in [1.82, 2.24) is 14.9 Å². The third kappa shape index (κ3) is 8.38. The second-order valence-corrected chi connectivity index (χ2v) is 11.4. The number of hydrogen-bond donors (Lipinski definition) is 2. The topological polar surface area (TPSA) is 91.4 Å². The van der Waals surface area contributed by atoms with Crippen molar-refractivity contribution in [1.29, 1.82) is 0 Å². The number of nitrogens with zero attached hydrogens (tertiary/aromatic N) is 2. The first-order valence-electron chi connectivity index (χ1n) is 15.8. The van der Waals surface area contributed by atoms with Gasteiger partial charge < -0.3 is 25.1 Å². The fraction of sp³-hybridized carbons (Fsp3) is 0.263. The molecule has 1 amide bonds. The molecule has 0 aliphatic carbocycles. The first kappa shape index (κ1) is 34.6. The average molecular weight is 657 g/mol. The Bertz CT molecular complexity index is 1820. The number of rotatable bonds is 14. The van der Waals surface area contributed by atoms with E-state index in [1.165, 1.54) is 12.1 Å². The number of nitrogens with two attached hydrogens (primary N) is 1.